The zero-order valence-corrected chi connectivity index (χ0v) is 13.9. The number of para-hydroxylation sites is 1. The molecule has 1 aromatic heterocycles. The van der Waals surface area contributed by atoms with Crippen molar-refractivity contribution < 1.29 is 9.18 Å². The molecule has 0 unspecified atom stereocenters. The van der Waals surface area contributed by atoms with Crippen LogP contribution in [0.3, 0.4) is 0 Å². The second kappa shape index (κ2) is 6.80. The van der Waals surface area contributed by atoms with E-state index in [1.807, 2.05) is 24.3 Å². The Balaban J connectivity index is 1.87. The van der Waals surface area contributed by atoms with Crippen LogP contribution < -0.4 is 11.1 Å². The summed E-state index contributed by atoms with van der Waals surface area (Å²) >= 11 is 1.19. The summed E-state index contributed by atoms with van der Waals surface area (Å²) in [4.78, 5) is 17.1. The average molecular weight is 341 g/mol. The molecule has 0 aliphatic carbocycles. The summed E-state index contributed by atoms with van der Waals surface area (Å²) in [5.74, 6) is -0.477. The molecule has 3 rings (SSSR count). The van der Waals surface area contributed by atoms with Gasteiger partial charge in [-0.25, -0.2) is 9.37 Å². The molecule has 0 atom stereocenters. The predicted octanol–water partition coefficient (Wildman–Crippen LogP) is 4.40. The first-order chi connectivity index (χ1) is 11.6. The van der Waals surface area contributed by atoms with Crippen molar-refractivity contribution in [1.29, 1.82) is 0 Å². The number of rotatable bonds is 5. The van der Waals surface area contributed by atoms with Gasteiger partial charge in [0.05, 0.1) is 0 Å². The van der Waals surface area contributed by atoms with Gasteiger partial charge in [-0.2, -0.15) is 0 Å². The zero-order chi connectivity index (χ0) is 17.1. The molecule has 2 aromatic carbocycles. The van der Waals surface area contributed by atoms with E-state index < -0.39 is 0 Å². The van der Waals surface area contributed by atoms with E-state index in [1.165, 1.54) is 35.6 Å². The van der Waals surface area contributed by atoms with Crippen molar-refractivity contribution >= 4 is 33.8 Å². The number of anilines is 3. The lowest BCUT2D eigenvalue weighted by atomic mass is 10.1. The largest absolute Gasteiger partial charge is 0.382 e. The molecule has 6 heteroatoms. The summed E-state index contributed by atoms with van der Waals surface area (Å²) in [6.45, 7) is 2.07. The van der Waals surface area contributed by atoms with E-state index >= 15 is 0 Å². The van der Waals surface area contributed by atoms with Crippen LogP contribution in [0.25, 0.3) is 0 Å². The van der Waals surface area contributed by atoms with E-state index in [2.05, 4.69) is 17.2 Å². The Labute approximate surface area is 143 Å². The first kappa shape index (κ1) is 16.1. The van der Waals surface area contributed by atoms with Gasteiger partial charge < -0.3 is 11.1 Å². The number of thiazole rings is 1. The van der Waals surface area contributed by atoms with E-state index in [-0.39, 0.29) is 17.4 Å². The van der Waals surface area contributed by atoms with Gasteiger partial charge in [-0.3, -0.25) is 4.79 Å². The minimum Gasteiger partial charge on any atom is -0.382 e. The quantitative estimate of drug-likeness (QED) is 0.675. The Hall–Kier alpha value is -2.73. The van der Waals surface area contributed by atoms with Gasteiger partial charge in [0.15, 0.2) is 5.13 Å². The lowest BCUT2D eigenvalue weighted by molar-refractivity contribution is 0.104. The van der Waals surface area contributed by atoms with Crippen LogP contribution in [0.15, 0.2) is 48.5 Å². The highest BCUT2D eigenvalue weighted by atomic mass is 32.1. The molecule has 0 aliphatic rings. The Kier molecular flexibility index (Phi) is 4.57. The molecule has 122 valence electrons. The number of carbonyl (C=O) groups is 1. The first-order valence-corrected chi connectivity index (χ1v) is 8.31. The molecule has 0 saturated carbocycles. The molecule has 0 aliphatic heterocycles. The van der Waals surface area contributed by atoms with Crippen LogP contribution in [0, 0.1) is 5.82 Å². The molecule has 0 amide bonds. The minimum atomic E-state index is -0.387. The molecular weight excluding hydrogens is 325 g/mol. The first-order valence-electron chi connectivity index (χ1n) is 7.50. The zero-order valence-electron chi connectivity index (χ0n) is 13.0. The molecule has 4 nitrogen and oxygen atoms in total. The highest BCUT2D eigenvalue weighted by molar-refractivity contribution is 7.18. The number of nitrogen functional groups attached to an aromatic ring is 1. The van der Waals surface area contributed by atoms with Crippen LogP contribution in [0.1, 0.15) is 27.7 Å². The van der Waals surface area contributed by atoms with Crippen molar-refractivity contribution in [3.8, 4) is 0 Å². The Bertz CT molecular complexity index is 874. The van der Waals surface area contributed by atoms with Gasteiger partial charge >= 0.3 is 0 Å². The number of aromatic nitrogens is 1. The van der Waals surface area contributed by atoms with Crippen molar-refractivity contribution in [3.05, 3.63) is 70.4 Å². The van der Waals surface area contributed by atoms with Crippen molar-refractivity contribution in [3.63, 3.8) is 0 Å². The Morgan fingerprint density at radius 2 is 1.92 bits per heavy atom. The number of benzene rings is 2. The van der Waals surface area contributed by atoms with Gasteiger partial charge in [-0.1, -0.05) is 36.5 Å². The van der Waals surface area contributed by atoms with Crippen LogP contribution in [-0.2, 0) is 6.42 Å². The van der Waals surface area contributed by atoms with Gasteiger partial charge in [0.2, 0.25) is 5.78 Å². The summed E-state index contributed by atoms with van der Waals surface area (Å²) < 4.78 is 13.0. The molecular formula is C18H16FN3OS. The van der Waals surface area contributed by atoms with E-state index in [4.69, 9.17) is 5.73 Å². The molecule has 24 heavy (non-hydrogen) atoms. The van der Waals surface area contributed by atoms with Crippen molar-refractivity contribution in [1.82, 2.24) is 4.98 Å². The smallest absolute Gasteiger partial charge is 0.206 e. The van der Waals surface area contributed by atoms with Gasteiger partial charge in [0.1, 0.15) is 16.5 Å². The summed E-state index contributed by atoms with van der Waals surface area (Å²) in [5.41, 5.74) is 8.37. The maximum atomic E-state index is 13.0. The van der Waals surface area contributed by atoms with Gasteiger partial charge in [-0.05, 0) is 42.3 Å². The molecule has 3 N–H and O–H groups in total. The average Bonchev–Trinajstić information content (AvgIpc) is 2.96. The van der Waals surface area contributed by atoms with Crippen LogP contribution >= 0.6 is 11.3 Å². The summed E-state index contributed by atoms with van der Waals surface area (Å²) in [6, 6.07) is 13.3. The fourth-order valence-corrected chi connectivity index (χ4v) is 3.21. The Morgan fingerprint density at radius 1 is 1.21 bits per heavy atom. The maximum absolute atomic E-state index is 13.0. The number of ketones is 1. The van der Waals surface area contributed by atoms with E-state index in [0.717, 1.165) is 17.7 Å². The van der Waals surface area contributed by atoms with E-state index in [0.29, 0.717) is 15.6 Å². The van der Waals surface area contributed by atoms with Crippen molar-refractivity contribution in [2.45, 2.75) is 13.3 Å². The molecule has 0 bridgehead atoms. The van der Waals surface area contributed by atoms with Gasteiger partial charge in [0.25, 0.3) is 0 Å². The third-order valence-electron chi connectivity index (χ3n) is 3.61. The number of halogens is 1. The maximum Gasteiger partial charge on any atom is 0.206 e. The number of nitrogens with one attached hydrogen (secondary N) is 1. The molecule has 0 radical (unpaired) electrons. The third kappa shape index (κ3) is 3.28. The molecule has 0 saturated heterocycles. The number of nitrogens with two attached hydrogens (primary N) is 1. The van der Waals surface area contributed by atoms with Crippen LogP contribution in [-0.4, -0.2) is 10.8 Å². The monoisotopic (exact) mass is 341 g/mol. The lowest BCUT2D eigenvalue weighted by Gasteiger charge is -2.07. The molecule has 1 heterocycles. The number of carbonyl (C=O) groups excluding carboxylic acids is 1. The highest BCUT2D eigenvalue weighted by Gasteiger charge is 2.18. The van der Waals surface area contributed by atoms with Crippen LogP contribution in [0.5, 0.6) is 0 Å². The second-order valence-electron chi connectivity index (χ2n) is 5.21. The van der Waals surface area contributed by atoms with Crippen LogP contribution in [0.4, 0.5) is 21.0 Å². The second-order valence-corrected chi connectivity index (χ2v) is 6.20. The standard InChI is InChI=1S/C18H16FN3OS/c1-2-11-5-3-4-6-14(11)21-18-22-17(20)16(24-18)15(23)12-7-9-13(19)10-8-12/h3-10H,2,20H2,1H3,(H,21,22). The van der Waals surface area contributed by atoms with Crippen LogP contribution in [0.2, 0.25) is 0 Å². The Morgan fingerprint density at radius 3 is 2.62 bits per heavy atom. The minimum absolute atomic E-state index is 0.172. The molecule has 3 aromatic rings. The SMILES string of the molecule is CCc1ccccc1Nc1nc(N)c(C(=O)c2ccc(F)cc2)s1. The van der Waals surface area contributed by atoms with E-state index in [9.17, 15) is 9.18 Å². The van der Waals surface area contributed by atoms with Gasteiger partial charge in [-0.15, -0.1) is 0 Å². The third-order valence-corrected chi connectivity index (χ3v) is 4.59. The predicted molar refractivity (Wildman–Crippen MR) is 95.5 cm³/mol. The molecule has 0 spiro atoms. The van der Waals surface area contributed by atoms with Crippen molar-refractivity contribution in [2.24, 2.45) is 0 Å². The van der Waals surface area contributed by atoms with E-state index in [1.54, 1.807) is 0 Å². The van der Waals surface area contributed by atoms with Crippen molar-refractivity contribution in [2.75, 3.05) is 11.1 Å². The topological polar surface area (TPSA) is 68.0 Å². The number of aryl methyl sites for hydroxylation is 1. The number of nitrogens with zero attached hydrogens (tertiary/aromatic N) is 1. The highest BCUT2D eigenvalue weighted by Crippen LogP contribution is 2.30. The van der Waals surface area contributed by atoms with Gasteiger partial charge in [0, 0.05) is 11.3 Å². The molecule has 0 fully saturated rings. The summed E-state index contributed by atoms with van der Waals surface area (Å²) in [6.07, 6.45) is 0.880. The number of hydrogen-bond donors (Lipinski definition) is 2. The lowest BCUT2D eigenvalue weighted by Crippen LogP contribution is -2.02. The summed E-state index contributed by atoms with van der Waals surface area (Å²) in [7, 11) is 0. The fourth-order valence-electron chi connectivity index (χ4n) is 2.35. The fraction of sp³-hybridized carbons (Fsp3) is 0.111. The normalized spacial score (nSPS) is 10.6. The summed E-state index contributed by atoms with van der Waals surface area (Å²) in [5, 5.41) is 3.77. The number of hydrogen-bond acceptors (Lipinski definition) is 5.